The van der Waals surface area contributed by atoms with Crippen molar-refractivity contribution in [3.8, 4) is 67.4 Å². The Labute approximate surface area is 453 Å². The minimum Gasteiger partial charge on any atom is -0.416 e. The molecule has 2 aliphatic rings. The Morgan fingerprint density at radius 3 is 0.907 bits per heavy atom. The van der Waals surface area contributed by atoms with E-state index in [0.717, 1.165) is 11.1 Å². The molecule has 0 atom stereocenters. The molecule has 9 rings (SSSR count). The van der Waals surface area contributed by atoms with Crippen molar-refractivity contribution in [2.45, 2.75) is 218 Å². The second kappa shape index (κ2) is 27.0. The monoisotopic (exact) mass is 999 g/mol. The van der Waals surface area contributed by atoms with E-state index in [1.165, 1.54) is 224 Å². The number of fused-ring (bicyclic) bond motifs is 6. The summed E-state index contributed by atoms with van der Waals surface area (Å²) in [4.78, 5) is 0. The molecule has 0 saturated heterocycles. The summed E-state index contributed by atoms with van der Waals surface area (Å²) in [6, 6.07) is 50.9. The molecule has 0 saturated carbocycles. The molecule has 2 aliphatic carbocycles. The highest BCUT2D eigenvalue weighted by atomic mass is 16.4. The van der Waals surface area contributed by atoms with E-state index in [9.17, 15) is 0 Å². The third-order valence-electron chi connectivity index (χ3n) is 17.7. The first-order valence-electron chi connectivity index (χ1n) is 30.6. The van der Waals surface area contributed by atoms with Gasteiger partial charge in [0, 0.05) is 22.0 Å². The van der Waals surface area contributed by atoms with Crippen LogP contribution in [-0.2, 0) is 10.8 Å². The van der Waals surface area contributed by atoms with Crippen LogP contribution in [0.15, 0.2) is 138 Å². The highest BCUT2D eigenvalue weighted by Crippen LogP contribution is 2.56. The van der Waals surface area contributed by atoms with Crippen LogP contribution >= 0.6 is 0 Å². The van der Waals surface area contributed by atoms with Gasteiger partial charge in [0.25, 0.3) is 0 Å². The summed E-state index contributed by atoms with van der Waals surface area (Å²) in [5, 5.41) is 9.17. The van der Waals surface area contributed by atoms with Crippen LogP contribution in [-0.4, -0.2) is 10.2 Å². The summed E-state index contributed by atoms with van der Waals surface area (Å²) in [5.41, 5.74) is 19.0. The van der Waals surface area contributed by atoms with Gasteiger partial charge in [-0.1, -0.05) is 279 Å². The fourth-order valence-corrected chi connectivity index (χ4v) is 13.5. The van der Waals surface area contributed by atoms with Crippen molar-refractivity contribution in [1.29, 1.82) is 0 Å². The van der Waals surface area contributed by atoms with Crippen molar-refractivity contribution in [3.63, 3.8) is 0 Å². The molecule has 0 bridgehead atoms. The molecule has 0 fully saturated rings. The first kappa shape index (κ1) is 54.3. The molecule has 75 heavy (non-hydrogen) atoms. The molecule has 0 spiro atoms. The largest absolute Gasteiger partial charge is 0.416 e. The lowest BCUT2D eigenvalue weighted by atomic mass is 9.70. The first-order valence-corrected chi connectivity index (χ1v) is 30.6. The van der Waals surface area contributed by atoms with Gasteiger partial charge < -0.3 is 4.42 Å². The van der Waals surface area contributed by atoms with Crippen molar-refractivity contribution in [3.05, 3.63) is 156 Å². The van der Waals surface area contributed by atoms with Crippen LogP contribution in [0.25, 0.3) is 67.4 Å². The highest BCUT2D eigenvalue weighted by Gasteiger charge is 2.43. The van der Waals surface area contributed by atoms with Crippen LogP contribution < -0.4 is 0 Å². The van der Waals surface area contributed by atoms with Crippen molar-refractivity contribution in [1.82, 2.24) is 10.2 Å². The molecule has 394 valence electrons. The molecule has 1 heterocycles. The fourth-order valence-electron chi connectivity index (χ4n) is 13.5. The smallest absolute Gasteiger partial charge is 0.248 e. The highest BCUT2D eigenvalue weighted by molar-refractivity contribution is 5.85. The molecule has 1 aromatic heterocycles. The Morgan fingerprint density at radius 2 is 0.560 bits per heavy atom. The summed E-state index contributed by atoms with van der Waals surface area (Å²) in [7, 11) is 0. The van der Waals surface area contributed by atoms with Gasteiger partial charge in [-0.05, 0) is 129 Å². The van der Waals surface area contributed by atoms with Crippen molar-refractivity contribution >= 4 is 0 Å². The van der Waals surface area contributed by atoms with E-state index < -0.39 is 0 Å². The third-order valence-corrected chi connectivity index (χ3v) is 17.7. The maximum atomic E-state index is 6.45. The summed E-state index contributed by atoms with van der Waals surface area (Å²) >= 11 is 0. The Hall–Kier alpha value is -5.54. The summed E-state index contributed by atoms with van der Waals surface area (Å²) < 4.78 is 6.45. The van der Waals surface area contributed by atoms with Crippen LogP contribution in [0.2, 0.25) is 0 Å². The van der Waals surface area contributed by atoms with Gasteiger partial charge in [-0.2, -0.15) is 0 Å². The Balaban J connectivity index is 0.922. The summed E-state index contributed by atoms with van der Waals surface area (Å²) in [5.74, 6) is 1.10. The van der Waals surface area contributed by atoms with Gasteiger partial charge in [0.1, 0.15) is 0 Å². The molecule has 0 radical (unpaired) electrons. The first-order chi connectivity index (χ1) is 37.0. The lowest BCUT2D eigenvalue weighted by Gasteiger charge is -2.33. The number of benzene rings is 6. The Bertz CT molecular complexity index is 2620. The van der Waals surface area contributed by atoms with Gasteiger partial charge in [-0.3, -0.25) is 0 Å². The van der Waals surface area contributed by atoms with E-state index in [1.54, 1.807) is 22.3 Å². The minimum absolute atomic E-state index is 0.0647. The predicted molar refractivity (Wildman–Crippen MR) is 320 cm³/mol. The van der Waals surface area contributed by atoms with Gasteiger partial charge >= 0.3 is 0 Å². The average molecular weight is 1000 g/mol. The van der Waals surface area contributed by atoms with Crippen molar-refractivity contribution in [2.75, 3.05) is 0 Å². The van der Waals surface area contributed by atoms with Gasteiger partial charge in [-0.25, -0.2) is 0 Å². The lowest BCUT2D eigenvalue weighted by Crippen LogP contribution is -2.25. The third kappa shape index (κ3) is 12.5. The Kier molecular flexibility index (Phi) is 19.5. The van der Waals surface area contributed by atoms with E-state index in [1.807, 2.05) is 0 Å². The van der Waals surface area contributed by atoms with E-state index in [-0.39, 0.29) is 10.8 Å². The molecule has 7 aromatic rings. The molecule has 0 aliphatic heterocycles. The van der Waals surface area contributed by atoms with E-state index in [4.69, 9.17) is 4.42 Å². The number of hydrogen-bond acceptors (Lipinski definition) is 3. The second-order valence-corrected chi connectivity index (χ2v) is 22.9. The van der Waals surface area contributed by atoms with Crippen LogP contribution in [0.3, 0.4) is 0 Å². The van der Waals surface area contributed by atoms with Crippen LogP contribution in [0.4, 0.5) is 0 Å². The van der Waals surface area contributed by atoms with Crippen LogP contribution in [0.1, 0.15) is 230 Å². The molecule has 0 amide bonds. The zero-order valence-electron chi connectivity index (χ0n) is 46.8. The van der Waals surface area contributed by atoms with Crippen LogP contribution in [0, 0.1) is 0 Å². The zero-order valence-corrected chi connectivity index (χ0v) is 46.8. The molecule has 0 unspecified atom stereocenters. The molecule has 0 N–H and O–H groups in total. The SMILES string of the molecule is CCCCCCCCC1(CCCCCCCC)c2ccccc2-c2ccc(-c3ccc(-c4nnc(-c5ccc(-c6ccc7c(c6)C(CCCCCCCC)(CCCCCCCC)c6ccccc6-7)cc5)o4)cc3)cc21. The lowest BCUT2D eigenvalue weighted by molar-refractivity contribution is 0.398. The predicted octanol–water partition coefficient (Wildman–Crippen LogP) is 22.3. The molecular weight excluding hydrogens is 909 g/mol. The number of hydrogen-bond donors (Lipinski definition) is 0. The van der Waals surface area contributed by atoms with Gasteiger partial charge in [0.2, 0.25) is 11.8 Å². The average Bonchev–Trinajstić information content (AvgIpc) is 4.16. The standard InChI is InChI=1S/C72H90N2O/c1-5-9-13-17-21-29-49-71(50-30-22-18-14-10-6-2)65-35-27-25-33-61(65)63-47-45-59(53-67(63)71)55-37-41-57(42-38-55)69-73-74-70(75-69)58-43-39-56(40-44-58)60-46-48-64-62-34-26-28-36-66(62)72(68(64)54-60,51-31-23-19-15-11-7-3)52-32-24-20-16-12-8-4/h25-28,33-48,53-54H,5-24,29-32,49-52H2,1-4H3. The van der Waals surface area contributed by atoms with E-state index in [0.29, 0.717) is 11.8 Å². The molecule has 3 heteroatoms. The van der Waals surface area contributed by atoms with Crippen molar-refractivity contribution in [2.24, 2.45) is 0 Å². The van der Waals surface area contributed by atoms with Gasteiger partial charge in [0.15, 0.2) is 0 Å². The quantitative estimate of drug-likeness (QED) is 0.0395. The molecule has 3 nitrogen and oxygen atoms in total. The van der Waals surface area contributed by atoms with Crippen molar-refractivity contribution < 1.29 is 4.42 Å². The van der Waals surface area contributed by atoms with Gasteiger partial charge in [0.05, 0.1) is 0 Å². The number of nitrogens with zero attached hydrogens (tertiary/aromatic N) is 2. The maximum Gasteiger partial charge on any atom is 0.248 e. The molecule has 6 aromatic carbocycles. The zero-order chi connectivity index (χ0) is 51.7. The summed E-state index contributed by atoms with van der Waals surface area (Å²) in [6.45, 7) is 9.27. The van der Waals surface area contributed by atoms with Crippen LogP contribution in [0.5, 0.6) is 0 Å². The normalized spacial score (nSPS) is 13.7. The topological polar surface area (TPSA) is 38.9 Å². The second-order valence-electron chi connectivity index (χ2n) is 22.9. The maximum absolute atomic E-state index is 6.45. The molecular formula is C72H90N2O. The number of rotatable bonds is 32. The number of unbranched alkanes of at least 4 members (excludes halogenated alkanes) is 20. The van der Waals surface area contributed by atoms with E-state index in [2.05, 4.69) is 171 Å². The summed E-state index contributed by atoms with van der Waals surface area (Å²) in [6.07, 6.45) is 36.8. The number of aromatic nitrogens is 2. The van der Waals surface area contributed by atoms with E-state index >= 15 is 0 Å². The fraction of sp³-hybridized carbons (Fsp3) is 0.472. The Morgan fingerprint density at radius 1 is 0.280 bits per heavy atom. The minimum atomic E-state index is 0.0647. The van der Waals surface area contributed by atoms with Gasteiger partial charge in [-0.15, -0.1) is 10.2 Å².